The van der Waals surface area contributed by atoms with Crippen molar-refractivity contribution in [2.24, 2.45) is 5.73 Å². The maximum Gasteiger partial charge on any atom is 0.165 e. The lowest BCUT2D eigenvalue weighted by atomic mass is 10.2. The fourth-order valence-electron chi connectivity index (χ4n) is 1.50. The summed E-state index contributed by atoms with van der Waals surface area (Å²) in [6.45, 7) is 2.66. The highest BCUT2D eigenvalue weighted by Gasteiger charge is 2.05. The van der Waals surface area contributed by atoms with Crippen LogP contribution in [0.1, 0.15) is 38.2 Å². The zero-order valence-electron chi connectivity index (χ0n) is 10.1. The van der Waals surface area contributed by atoms with Crippen LogP contribution < -0.4 is 10.5 Å². The maximum absolute atomic E-state index is 13.5. The largest absolute Gasteiger partial charge is 0.491 e. The van der Waals surface area contributed by atoms with Crippen LogP contribution >= 0.6 is 0 Å². The number of amidine groups is 1. The van der Waals surface area contributed by atoms with E-state index in [1.165, 1.54) is 25.0 Å². The van der Waals surface area contributed by atoms with Gasteiger partial charge in [0.05, 0.1) is 6.61 Å². The lowest BCUT2D eigenvalue weighted by Crippen LogP contribution is -2.11. The monoisotopic (exact) mass is 238 g/mol. The average Bonchev–Trinajstić information content (AvgIpc) is 2.30. The third-order valence-corrected chi connectivity index (χ3v) is 2.50. The topological polar surface area (TPSA) is 59.1 Å². The lowest BCUT2D eigenvalue weighted by Gasteiger charge is -2.08. The van der Waals surface area contributed by atoms with Gasteiger partial charge in [-0.15, -0.1) is 0 Å². The molecule has 0 fully saturated rings. The second-order valence-electron chi connectivity index (χ2n) is 3.97. The Morgan fingerprint density at radius 2 is 2.12 bits per heavy atom. The van der Waals surface area contributed by atoms with Crippen molar-refractivity contribution in [1.29, 1.82) is 5.41 Å². The first-order valence-corrected chi connectivity index (χ1v) is 5.92. The Morgan fingerprint density at radius 3 is 2.71 bits per heavy atom. The first kappa shape index (κ1) is 13.5. The van der Waals surface area contributed by atoms with Crippen molar-refractivity contribution in [3.63, 3.8) is 0 Å². The molecule has 0 unspecified atom stereocenters. The van der Waals surface area contributed by atoms with Gasteiger partial charge in [-0.3, -0.25) is 5.41 Å². The Kier molecular flexibility index (Phi) is 5.46. The molecule has 0 aliphatic carbocycles. The quantitative estimate of drug-likeness (QED) is 0.435. The van der Waals surface area contributed by atoms with Crippen LogP contribution in [-0.4, -0.2) is 12.4 Å². The Hall–Kier alpha value is -1.58. The number of unbranched alkanes of at least 4 members (excludes halogenated alkanes) is 3. The van der Waals surface area contributed by atoms with Crippen molar-refractivity contribution in [2.45, 2.75) is 32.6 Å². The van der Waals surface area contributed by atoms with Gasteiger partial charge in [0.25, 0.3) is 0 Å². The molecule has 0 saturated heterocycles. The minimum Gasteiger partial charge on any atom is -0.491 e. The molecule has 0 heterocycles. The number of rotatable bonds is 7. The summed E-state index contributed by atoms with van der Waals surface area (Å²) in [6.07, 6.45) is 4.38. The molecule has 4 heteroatoms. The van der Waals surface area contributed by atoms with E-state index in [1.54, 1.807) is 6.07 Å². The second kappa shape index (κ2) is 6.89. The predicted octanol–water partition coefficient (Wildman–Crippen LogP) is 3.07. The van der Waals surface area contributed by atoms with Gasteiger partial charge in [0.15, 0.2) is 11.6 Å². The van der Waals surface area contributed by atoms with Gasteiger partial charge in [0.2, 0.25) is 0 Å². The summed E-state index contributed by atoms with van der Waals surface area (Å²) < 4.78 is 18.8. The van der Waals surface area contributed by atoms with E-state index < -0.39 is 5.82 Å². The molecule has 0 atom stereocenters. The van der Waals surface area contributed by atoms with E-state index >= 15 is 0 Å². The molecule has 94 valence electrons. The molecule has 1 rings (SSSR count). The van der Waals surface area contributed by atoms with Gasteiger partial charge in [-0.05, 0) is 24.6 Å². The van der Waals surface area contributed by atoms with Crippen LogP contribution in [0, 0.1) is 11.2 Å². The van der Waals surface area contributed by atoms with Crippen LogP contribution in [-0.2, 0) is 0 Å². The van der Waals surface area contributed by atoms with Crippen molar-refractivity contribution in [3.8, 4) is 5.75 Å². The number of nitrogen functional groups attached to an aromatic ring is 1. The van der Waals surface area contributed by atoms with Crippen LogP contribution in [0.4, 0.5) is 4.39 Å². The van der Waals surface area contributed by atoms with Crippen LogP contribution in [0.5, 0.6) is 5.75 Å². The van der Waals surface area contributed by atoms with Crippen LogP contribution in [0.2, 0.25) is 0 Å². The zero-order chi connectivity index (χ0) is 12.7. The summed E-state index contributed by atoms with van der Waals surface area (Å²) in [5, 5.41) is 7.19. The number of hydrogen-bond donors (Lipinski definition) is 2. The molecule has 3 N–H and O–H groups in total. The molecular weight excluding hydrogens is 219 g/mol. The highest BCUT2D eigenvalue weighted by Crippen LogP contribution is 2.18. The zero-order valence-corrected chi connectivity index (χ0v) is 10.1. The van der Waals surface area contributed by atoms with Crippen LogP contribution in [0.3, 0.4) is 0 Å². The molecule has 1 aromatic carbocycles. The van der Waals surface area contributed by atoms with Crippen LogP contribution in [0.15, 0.2) is 18.2 Å². The van der Waals surface area contributed by atoms with Gasteiger partial charge in [-0.1, -0.05) is 26.2 Å². The van der Waals surface area contributed by atoms with Crippen molar-refractivity contribution in [2.75, 3.05) is 6.61 Å². The summed E-state index contributed by atoms with van der Waals surface area (Å²) >= 11 is 0. The second-order valence-corrected chi connectivity index (χ2v) is 3.97. The van der Waals surface area contributed by atoms with E-state index in [0.29, 0.717) is 12.2 Å². The number of benzene rings is 1. The SMILES string of the molecule is CCCCCCOc1ccc(C(=N)N)cc1F. The van der Waals surface area contributed by atoms with Gasteiger partial charge < -0.3 is 10.5 Å². The highest BCUT2D eigenvalue weighted by molar-refractivity contribution is 5.95. The number of hydrogen-bond acceptors (Lipinski definition) is 2. The smallest absolute Gasteiger partial charge is 0.165 e. The Balaban J connectivity index is 2.46. The van der Waals surface area contributed by atoms with Crippen molar-refractivity contribution in [1.82, 2.24) is 0 Å². The summed E-state index contributed by atoms with van der Waals surface area (Å²) in [7, 11) is 0. The molecule has 3 nitrogen and oxygen atoms in total. The first-order chi connectivity index (χ1) is 8.15. The lowest BCUT2D eigenvalue weighted by molar-refractivity contribution is 0.290. The van der Waals surface area contributed by atoms with E-state index in [4.69, 9.17) is 15.9 Å². The number of nitrogens with one attached hydrogen (secondary N) is 1. The van der Waals surface area contributed by atoms with Crippen molar-refractivity contribution in [3.05, 3.63) is 29.6 Å². The normalized spacial score (nSPS) is 10.2. The standard InChI is InChI=1S/C13H19FN2O/c1-2-3-4-5-8-17-12-7-6-10(13(15)16)9-11(12)14/h6-7,9H,2-5,8H2,1H3,(H3,15,16). The van der Waals surface area contributed by atoms with Gasteiger partial charge in [-0.25, -0.2) is 4.39 Å². The van der Waals surface area contributed by atoms with Gasteiger partial charge in [-0.2, -0.15) is 0 Å². The van der Waals surface area contributed by atoms with Crippen molar-refractivity contribution >= 4 is 5.84 Å². The maximum atomic E-state index is 13.5. The molecule has 0 saturated carbocycles. The Labute approximate surface area is 101 Å². The van der Waals surface area contributed by atoms with E-state index in [2.05, 4.69) is 6.92 Å². The molecule has 0 spiro atoms. The third kappa shape index (κ3) is 4.43. The summed E-state index contributed by atoms with van der Waals surface area (Å²) in [4.78, 5) is 0. The van der Waals surface area contributed by atoms with E-state index in [-0.39, 0.29) is 11.6 Å². The average molecular weight is 238 g/mol. The summed E-state index contributed by atoms with van der Waals surface area (Å²) in [5.41, 5.74) is 5.64. The molecule has 0 amide bonds. The van der Waals surface area contributed by atoms with Crippen LogP contribution in [0.25, 0.3) is 0 Å². The number of ether oxygens (including phenoxy) is 1. The molecule has 0 bridgehead atoms. The van der Waals surface area contributed by atoms with Gasteiger partial charge in [0, 0.05) is 5.56 Å². The third-order valence-electron chi connectivity index (χ3n) is 2.50. The van der Waals surface area contributed by atoms with Gasteiger partial charge in [0.1, 0.15) is 5.84 Å². The minimum atomic E-state index is -0.465. The minimum absolute atomic E-state index is 0.140. The van der Waals surface area contributed by atoms with E-state index in [1.807, 2.05) is 0 Å². The summed E-state index contributed by atoms with van der Waals surface area (Å²) in [5.74, 6) is -0.377. The number of halogens is 1. The Bertz CT molecular complexity index is 380. The number of nitrogens with two attached hydrogens (primary N) is 1. The molecular formula is C13H19FN2O. The van der Waals surface area contributed by atoms with E-state index in [9.17, 15) is 4.39 Å². The molecule has 1 aromatic rings. The van der Waals surface area contributed by atoms with Crippen molar-refractivity contribution < 1.29 is 9.13 Å². The van der Waals surface area contributed by atoms with Gasteiger partial charge >= 0.3 is 0 Å². The highest BCUT2D eigenvalue weighted by atomic mass is 19.1. The Morgan fingerprint density at radius 1 is 1.35 bits per heavy atom. The first-order valence-electron chi connectivity index (χ1n) is 5.92. The molecule has 0 aromatic heterocycles. The molecule has 17 heavy (non-hydrogen) atoms. The fraction of sp³-hybridized carbons (Fsp3) is 0.462. The van der Waals surface area contributed by atoms with E-state index in [0.717, 1.165) is 12.8 Å². The molecule has 0 aliphatic rings. The molecule has 0 radical (unpaired) electrons. The summed E-state index contributed by atoms with van der Waals surface area (Å²) in [6, 6.07) is 4.34. The fourth-order valence-corrected chi connectivity index (χ4v) is 1.50. The predicted molar refractivity (Wildman–Crippen MR) is 67.1 cm³/mol. The molecule has 0 aliphatic heterocycles.